The summed E-state index contributed by atoms with van der Waals surface area (Å²) in [7, 11) is 0. The first kappa shape index (κ1) is 15.7. The molecule has 0 aromatic heterocycles. The molecule has 0 aliphatic heterocycles. The summed E-state index contributed by atoms with van der Waals surface area (Å²) in [5, 5.41) is 20.0. The van der Waals surface area contributed by atoms with Gasteiger partial charge in [0.1, 0.15) is 0 Å². The second-order valence-corrected chi connectivity index (χ2v) is 4.85. The summed E-state index contributed by atoms with van der Waals surface area (Å²) in [6.07, 6.45) is 0. The molecule has 1 rings (SSSR count). The standard InChI is InChI=1S/C11H16N2O3.ClH/c1-11(2,3)10(12)7-4-5-9(14)8(6-7)13(15)16;/h4-6,10,14H,12H2,1-3H3;1H/t10-;/m0./s1. The highest BCUT2D eigenvalue weighted by Crippen LogP contribution is 2.34. The minimum Gasteiger partial charge on any atom is -0.502 e. The molecule has 6 heteroatoms. The lowest BCUT2D eigenvalue weighted by Crippen LogP contribution is -2.26. The Morgan fingerprint density at radius 2 is 1.94 bits per heavy atom. The van der Waals surface area contributed by atoms with Crippen molar-refractivity contribution in [1.29, 1.82) is 0 Å². The van der Waals surface area contributed by atoms with Gasteiger partial charge in [0.25, 0.3) is 0 Å². The van der Waals surface area contributed by atoms with Gasteiger partial charge in [-0.15, -0.1) is 12.4 Å². The minimum absolute atomic E-state index is 0. The fourth-order valence-corrected chi connectivity index (χ4v) is 1.38. The number of phenolic OH excluding ortho intramolecular Hbond substituents is 1. The molecular weight excluding hydrogens is 244 g/mol. The molecule has 1 aromatic rings. The molecule has 96 valence electrons. The van der Waals surface area contributed by atoms with E-state index in [1.54, 1.807) is 6.07 Å². The average molecular weight is 261 g/mol. The van der Waals surface area contributed by atoms with Crippen LogP contribution in [0.2, 0.25) is 0 Å². The third-order valence-corrected chi connectivity index (χ3v) is 2.49. The lowest BCUT2D eigenvalue weighted by Gasteiger charge is -2.27. The van der Waals surface area contributed by atoms with Crippen molar-refractivity contribution >= 4 is 18.1 Å². The van der Waals surface area contributed by atoms with Gasteiger partial charge >= 0.3 is 5.69 Å². The number of rotatable bonds is 2. The van der Waals surface area contributed by atoms with Crippen LogP contribution in [0, 0.1) is 15.5 Å². The Bertz CT molecular complexity index is 416. The Labute approximate surface area is 106 Å². The number of nitro benzene ring substituents is 1. The molecule has 0 fully saturated rings. The van der Waals surface area contributed by atoms with Crippen LogP contribution in [0.5, 0.6) is 5.75 Å². The van der Waals surface area contributed by atoms with Gasteiger partial charge in [0.05, 0.1) is 4.92 Å². The number of halogens is 1. The highest BCUT2D eigenvalue weighted by Gasteiger charge is 2.25. The maximum absolute atomic E-state index is 10.7. The topological polar surface area (TPSA) is 89.4 Å². The molecule has 1 atom stereocenters. The zero-order valence-corrected chi connectivity index (χ0v) is 10.8. The van der Waals surface area contributed by atoms with Crippen LogP contribution in [0.1, 0.15) is 32.4 Å². The van der Waals surface area contributed by atoms with Crippen LogP contribution in [-0.2, 0) is 0 Å². The van der Waals surface area contributed by atoms with E-state index >= 15 is 0 Å². The van der Waals surface area contributed by atoms with Gasteiger partial charge in [-0.1, -0.05) is 26.8 Å². The summed E-state index contributed by atoms with van der Waals surface area (Å²) in [6, 6.07) is 3.93. The fourth-order valence-electron chi connectivity index (χ4n) is 1.38. The van der Waals surface area contributed by atoms with E-state index in [1.165, 1.54) is 12.1 Å². The lowest BCUT2D eigenvalue weighted by atomic mass is 9.83. The number of nitrogens with two attached hydrogens (primary N) is 1. The van der Waals surface area contributed by atoms with Crippen molar-refractivity contribution in [3.05, 3.63) is 33.9 Å². The van der Waals surface area contributed by atoms with Crippen LogP contribution >= 0.6 is 12.4 Å². The lowest BCUT2D eigenvalue weighted by molar-refractivity contribution is -0.385. The van der Waals surface area contributed by atoms with Gasteiger partial charge in [-0.2, -0.15) is 0 Å². The van der Waals surface area contributed by atoms with E-state index in [4.69, 9.17) is 5.73 Å². The van der Waals surface area contributed by atoms with E-state index in [9.17, 15) is 15.2 Å². The summed E-state index contributed by atoms with van der Waals surface area (Å²) < 4.78 is 0. The molecule has 0 aliphatic carbocycles. The fraction of sp³-hybridized carbons (Fsp3) is 0.455. The second-order valence-electron chi connectivity index (χ2n) is 4.85. The van der Waals surface area contributed by atoms with E-state index in [0.717, 1.165) is 0 Å². The Balaban J connectivity index is 0.00000256. The summed E-state index contributed by atoms with van der Waals surface area (Å²) in [5.74, 6) is -0.338. The van der Waals surface area contributed by atoms with E-state index < -0.39 is 4.92 Å². The molecule has 17 heavy (non-hydrogen) atoms. The SMILES string of the molecule is CC(C)(C)[C@@H](N)c1ccc(O)c([N+](=O)[O-])c1.Cl. The van der Waals surface area contributed by atoms with Crippen molar-refractivity contribution in [2.24, 2.45) is 11.1 Å². The smallest absolute Gasteiger partial charge is 0.311 e. The van der Waals surface area contributed by atoms with Crippen molar-refractivity contribution < 1.29 is 10.0 Å². The van der Waals surface area contributed by atoms with Crippen molar-refractivity contribution in [3.8, 4) is 5.75 Å². The average Bonchev–Trinajstić information content (AvgIpc) is 2.15. The van der Waals surface area contributed by atoms with Crippen LogP contribution in [0.3, 0.4) is 0 Å². The minimum atomic E-state index is -0.617. The highest BCUT2D eigenvalue weighted by atomic mass is 35.5. The molecule has 5 nitrogen and oxygen atoms in total. The molecule has 3 N–H and O–H groups in total. The summed E-state index contributed by atoms with van der Waals surface area (Å²) in [6.45, 7) is 5.86. The first-order valence-electron chi connectivity index (χ1n) is 4.96. The maximum atomic E-state index is 10.7. The van der Waals surface area contributed by atoms with Crippen molar-refractivity contribution in [3.63, 3.8) is 0 Å². The summed E-state index contributed by atoms with van der Waals surface area (Å²) in [5.41, 5.74) is 6.14. The highest BCUT2D eigenvalue weighted by molar-refractivity contribution is 5.85. The third kappa shape index (κ3) is 3.57. The number of phenols is 1. The Morgan fingerprint density at radius 3 is 2.35 bits per heavy atom. The third-order valence-electron chi connectivity index (χ3n) is 2.49. The van der Waals surface area contributed by atoms with Gasteiger partial charge in [-0.25, -0.2) is 0 Å². The molecule has 0 heterocycles. The molecule has 0 spiro atoms. The van der Waals surface area contributed by atoms with Gasteiger partial charge in [0.15, 0.2) is 5.75 Å². The van der Waals surface area contributed by atoms with Gasteiger partial charge in [-0.3, -0.25) is 10.1 Å². The van der Waals surface area contributed by atoms with Gasteiger partial charge in [-0.05, 0) is 17.0 Å². The first-order chi connectivity index (χ1) is 7.23. The molecule has 0 bridgehead atoms. The molecule has 0 unspecified atom stereocenters. The van der Waals surface area contributed by atoms with Gasteiger partial charge in [0.2, 0.25) is 0 Å². The van der Waals surface area contributed by atoms with Crippen LogP contribution < -0.4 is 5.73 Å². The van der Waals surface area contributed by atoms with Crippen LogP contribution in [0.4, 0.5) is 5.69 Å². The van der Waals surface area contributed by atoms with E-state index in [2.05, 4.69) is 0 Å². The Morgan fingerprint density at radius 1 is 1.41 bits per heavy atom. The number of nitro groups is 1. The van der Waals surface area contributed by atoms with Crippen LogP contribution in [0.25, 0.3) is 0 Å². The Kier molecular flexibility index (Phi) is 4.92. The molecular formula is C11H17ClN2O3. The molecule has 0 saturated heterocycles. The zero-order chi connectivity index (χ0) is 12.5. The summed E-state index contributed by atoms with van der Waals surface area (Å²) >= 11 is 0. The number of aromatic hydroxyl groups is 1. The second kappa shape index (κ2) is 5.33. The van der Waals surface area contributed by atoms with E-state index in [0.29, 0.717) is 5.56 Å². The number of benzene rings is 1. The van der Waals surface area contributed by atoms with Gasteiger partial charge in [0, 0.05) is 12.1 Å². The number of hydrogen-bond acceptors (Lipinski definition) is 4. The van der Waals surface area contributed by atoms with Crippen LogP contribution in [0.15, 0.2) is 18.2 Å². The maximum Gasteiger partial charge on any atom is 0.311 e. The van der Waals surface area contributed by atoms with Crippen molar-refractivity contribution in [1.82, 2.24) is 0 Å². The Hall–Kier alpha value is -1.33. The molecule has 0 radical (unpaired) electrons. The zero-order valence-electron chi connectivity index (χ0n) is 10.0. The molecule has 0 saturated carbocycles. The molecule has 1 aromatic carbocycles. The largest absolute Gasteiger partial charge is 0.502 e. The van der Waals surface area contributed by atoms with E-state index in [1.807, 2.05) is 20.8 Å². The normalized spacial score (nSPS) is 12.7. The molecule has 0 amide bonds. The number of hydrogen-bond donors (Lipinski definition) is 2. The van der Waals surface area contributed by atoms with Crippen molar-refractivity contribution in [2.45, 2.75) is 26.8 Å². The predicted octanol–water partition coefficient (Wildman–Crippen LogP) is 2.77. The molecule has 0 aliphatic rings. The summed E-state index contributed by atoms with van der Waals surface area (Å²) in [4.78, 5) is 10.0. The monoisotopic (exact) mass is 260 g/mol. The predicted molar refractivity (Wildman–Crippen MR) is 68.4 cm³/mol. The first-order valence-corrected chi connectivity index (χ1v) is 4.96. The number of nitrogens with zero attached hydrogens (tertiary/aromatic N) is 1. The van der Waals surface area contributed by atoms with Crippen LogP contribution in [-0.4, -0.2) is 10.0 Å². The van der Waals surface area contributed by atoms with E-state index in [-0.39, 0.29) is 35.3 Å². The van der Waals surface area contributed by atoms with Gasteiger partial charge < -0.3 is 10.8 Å². The quantitative estimate of drug-likeness (QED) is 0.632. The van der Waals surface area contributed by atoms with Crippen molar-refractivity contribution in [2.75, 3.05) is 0 Å².